The topological polar surface area (TPSA) is 69.9 Å². The molecule has 0 amide bonds. The van der Waals surface area contributed by atoms with Gasteiger partial charge in [0.2, 0.25) is 0 Å². The average Bonchev–Trinajstić information content (AvgIpc) is 2.26. The van der Waals surface area contributed by atoms with Crippen molar-refractivity contribution in [2.24, 2.45) is 5.92 Å². The SMILES string of the molecule is OCCC(CO)COc1ccc(O)cc1. The summed E-state index contributed by atoms with van der Waals surface area (Å²) in [6.45, 7) is 0.407. The van der Waals surface area contributed by atoms with Crippen molar-refractivity contribution in [2.75, 3.05) is 19.8 Å². The third-order valence-corrected chi connectivity index (χ3v) is 2.12. The summed E-state index contributed by atoms with van der Waals surface area (Å²) in [7, 11) is 0. The molecule has 0 saturated carbocycles. The predicted octanol–water partition coefficient (Wildman–Crippen LogP) is 0.762. The maximum Gasteiger partial charge on any atom is 0.119 e. The minimum absolute atomic E-state index is 0.00135. The first kappa shape index (κ1) is 11.8. The molecule has 1 aromatic rings. The molecule has 1 aromatic carbocycles. The van der Waals surface area contributed by atoms with Crippen LogP contribution in [0.15, 0.2) is 24.3 Å². The van der Waals surface area contributed by atoms with E-state index in [0.717, 1.165) is 0 Å². The molecule has 0 aliphatic rings. The molecular formula is C11H16O4. The van der Waals surface area contributed by atoms with E-state index in [1.54, 1.807) is 12.1 Å². The van der Waals surface area contributed by atoms with Gasteiger partial charge in [-0.25, -0.2) is 0 Å². The van der Waals surface area contributed by atoms with Gasteiger partial charge in [-0.15, -0.1) is 0 Å². The Morgan fingerprint density at radius 2 is 1.80 bits per heavy atom. The molecule has 1 atom stereocenters. The van der Waals surface area contributed by atoms with Crippen LogP contribution >= 0.6 is 0 Å². The highest BCUT2D eigenvalue weighted by Gasteiger charge is 2.07. The summed E-state index contributed by atoms with van der Waals surface area (Å²) in [5, 5.41) is 26.7. The molecule has 1 unspecified atom stereocenters. The Bertz CT molecular complexity index is 270. The molecule has 0 radical (unpaired) electrons. The van der Waals surface area contributed by atoms with Crippen molar-refractivity contribution >= 4 is 0 Å². The Kier molecular flexibility index (Phi) is 4.93. The number of hydrogen-bond acceptors (Lipinski definition) is 4. The molecule has 84 valence electrons. The zero-order chi connectivity index (χ0) is 11.1. The first-order valence-electron chi connectivity index (χ1n) is 4.89. The van der Waals surface area contributed by atoms with E-state index in [-0.39, 0.29) is 24.9 Å². The largest absolute Gasteiger partial charge is 0.508 e. The van der Waals surface area contributed by atoms with Crippen LogP contribution < -0.4 is 4.74 Å². The first-order valence-corrected chi connectivity index (χ1v) is 4.89. The van der Waals surface area contributed by atoms with E-state index in [1.807, 2.05) is 0 Å². The van der Waals surface area contributed by atoms with Crippen LogP contribution in [-0.4, -0.2) is 35.1 Å². The van der Waals surface area contributed by atoms with Gasteiger partial charge in [0, 0.05) is 19.1 Å². The first-order chi connectivity index (χ1) is 7.26. The number of aromatic hydroxyl groups is 1. The smallest absolute Gasteiger partial charge is 0.119 e. The zero-order valence-corrected chi connectivity index (χ0v) is 8.47. The number of phenols is 1. The summed E-state index contributed by atoms with van der Waals surface area (Å²) in [4.78, 5) is 0. The molecule has 15 heavy (non-hydrogen) atoms. The lowest BCUT2D eigenvalue weighted by atomic mass is 10.1. The summed E-state index contributed by atoms with van der Waals surface area (Å²) in [5.41, 5.74) is 0. The van der Waals surface area contributed by atoms with Crippen LogP contribution in [0.4, 0.5) is 0 Å². The number of aliphatic hydroxyl groups is 2. The normalized spacial score (nSPS) is 12.4. The van der Waals surface area contributed by atoms with Gasteiger partial charge in [0.15, 0.2) is 0 Å². The summed E-state index contributed by atoms with van der Waals surface area (Å²) in [6.07, 6.45) is 0.522. The molecule has 0 fully saturated rings. The van der Waals surface area contributed by atoms with Crippen molar-refractivity contribution in [1.29, 1.82) is 0 Å². The molecule has 0 bridgehead atoms. The van der Waals surface area contributed by atoms with Gasteiger partial charge in [-0.05, 0) is 30.7 Å². The molecule has 3 N–H and O–H groups in total. The minimum atomic E-state index is -0.0520. The Balaban J connectivity index is 2.38. The molecule has 0 spiro atoms. The lowest BCUT2D eigenvalue weighted by molar-refractivity contribution is 0.134. The zero-order valence-electron chi connectivity index (χ0n) is 8.47. The molecular weight excluding hydrogens is 196 g/mol. The average molecular weight is 212 g/mol. The highest BCUT2D eigenvalue weighted by atomic mass is 16.5. The fourth-order valence-electron chi connectivity index (χ4n) is 1.17. The van der Waals surface area contributed by atoms with Crippen LogP contribution in [0, 0.1) is 5.92 Å². The standard InChI is InChI=1S/C11H16O4/c12-6-5-9(7-13)8-15-11-3-1-10(14)2-4-11/h1-4,9,12-14H,5-8H2. The van der Waals surface area contributed by atoms with Crippen LogP contribution in [0.1, 0.15) is 6.42 Å². The third kappa shape index (κ3) is 4.18. The number of phenolic OH excluding ortho intramolecular Hbond substituents is 1. The summed E-state index contributed by atoms with van der Waals surface area (Å²) in [6, 6.07) is 6.39. The van der Waals surface area contributed by atoms with Gasteiger partial charge in [0.25, 0.3) is 0 Å². The second-order valence-corrected chi connectivity index (χ2v) is 3.37. The van der Waals surface area contributed by atoms with E-state index >= 15 is 0 Å². The van der Waals surface area contributed by atoms with E-state index in [1.165, 1.54) is 12.1 Å². The highest BCUT2D eigenvalue weighted by molar-refractivity contribution is 5.29. The Labute approximate surface area is 88.8 Å². The molecule has 0 aliphatic carbocycles. The van der Waals surface area contributed by atoms with Crippen LogP contribution in [0.3, 0.4) is 0 Å². The molecule has 0 saturated heterocycles. The maximum atomic E-state index is 9.04. The number of hydrogen-bond donors (Lipinski definition) is 3. The highest BCUT2D eigenvalue weighted by Crippen LogP contribution is 2.16. The van der Waals surface area contributed by atoms with E-state index in [4.69, 9.17) is 20.1 Å². The summed E-state index contributed by atoms with van der Waals surface area (Å²) >= 11 is 0. The second kappa shape index (κ2) is 6.27. The van der Waals surface area contributed by atoms with Gasteiger partial charge < -0.3 is 20.1 Å². The molecule has 4 nitrogen and oxygen atoms in total. The molecule has 1 rings (SSSR count). The predicted molar refractivity (Wildman–Crippen MR) is 55.9 cm³/mol. The Morgan fingerprint density at radius 1 is 1.13 bits per heavy atom. The number of rotatable bonds is 6. The van der Waals surface area contributed by atoms with Gasteiger partial charge in [-0.1, -0.05) is 0 Å². The van der Waals surface area contributed by atoms with Gasteiger partial charge in [-0.2, -0.15) is 0 Å². The van der Waals surface area contributed by atoms with Crippen molar-refractivity contribution in [3.8, 4) is 11.5 Å². The molecule has 0 aliphatic heterocycles. The van der Waals surface area contributed by atoms with Crippen molar-refractivity contribution in [2.45, 2.75) is 6.42 Å². The monoisotopic (exact) mass is 212 g/mol. The fourth-order valence-corrected chi connectivity index (χ4v) is 1.17. The van der Waals surface area contributed by atoms with E-state index in [2.05, 4.69) is 0 Å². The van der Waals surface area contributed by atoms with Gasteiger partial charge >= 0.3 is 0 Å². The number of ether oxygens (including phenoxy) is 1. The minimum Gasteiger partial charge on any atom is -0.508 e. The lowest BCUT2D eigenvalue weighted by Crippen LogP contribution is -2.17. The Hall–Kier alpha value is -1.26. The van der Waals surface area contributed by atoms with Gasteiger partial charge in [-0.3, -0.25) is 0 Å². The van der Waals surface area contributed by atoms with E-state index in [9.17, 15) is 0 Å². The molecule has 0 aromatic heterocycles. The number of benzene rings is 1. The molecule has 4 heteroatoms. The van der Waals surface area contributed by atoms with Crippen LogP contribution in [-0.2, 0) is 0 Å². The van der Waals surface area contributed by atoms with Crippen LogP contribution in [0.25, 0.3) is 0 Å². The van der Waals surface area contributed by atoms with Crippen LogP contribution in [0.5, 0.6) is 11.5 Å². The summed E-state index contributed by atoms with van der Waals surface area (Å²) < 4.78 is 5.38. The van der Waals surface area contributed by atoms with E-state index in [0.29, 0.717) is 18.8 Å². The van der Waals surface area contributed by atoms with Gasteiger partial charge in [0.1, 0.15) is 11.5 Å². The fraction of sp³-hybridized carbons (Fsp3) is 0.455. The second-order valence-electron chi connectivity index (χ2n) is 3.37. The van der Waals surface area contributed by atoms with E-state index < -0.39 is 0 Å². The Morgan fingerprint density at radius 3 is 2.33 bits per heavy atom. The van der Waals surface area contributed by atoms with Crippen LogP contribution in [0.2, 0.25) is 0 Å². The van der Waals surface area contributed by atoms with Crippen molar-refractivity contribution < 1.29 is 20.1 Å². The quantitative estimate of drug-likeness (QED) is 0.651. The van der Waals surface area contributed by atoms with Crippen molar-refractivity contribution in [3.63, 3.8) is 0 Å². The van der Waals surface area contributed by atoms with Crippen molar-refractivity contribution in [3.05, 3.63) is 24.3 Å². The van der Waals surface area contributed by atoms with Crippen molar-refractivity contribution in [1.82, 2.24) is 0 Å². The number of aliphatic hydroxyl groups excluding tert-OH is 2. The lowest BCUT2D eigenvalue weighted by Gasteiger charge is -2.13. The summed E-state index contributed by atoms with van der Waals surface area (Å²) in [5.74, 6) is 0.782. The maximum absolute atomic E-state index is 9.04. The molecule has 0 heterocycles. The van der Waals surface area contributed by atoms with Gasteiger partial charge in [0.05, 0.1) is 6.61 Å². The third-order valence-electron chi connectivity index (χ3n) is 2.12.